The number of halogens is 4. The second kappa shape index (κ2) is 12.1. The smallest absolute Gasteiger partial charge is 0.405 e. The monoisotopic (exact) mass is 525 g/mol. The maximum absolute atomic E-state index is 13.0. The van der Waals surface area contributed by atoms with Crippen LogP contribution in [0.15, 0.2) is 42.5 Å². The van der Waals surface area contributed by atoms with Gasteiger partial charge in [-0.15, -0.1) is 13.2 Å². The van der Waals surface area contributed by atoms with Crippen molar-refractivity contribution in [2.45, 2.75) is 50.9 Å². The molecule has 3 rings (SSSR count). The van der Waals surface area contributed by atoms with E-state index in [1.54, 1.807) is 11.0 Å². The normalized spacial score (nSPS) is 15.8. The summed E-state index contributed by atoms with van der Waals surface area (Å²) in [5.74, 6) is -1.10. The predicted octanol–water partition coefficient (Wildman–Crippen LogP) is 5.14. The number of alkyl halides is 3. The van der Waals surface area contributed by atoms with Crippen molar-refractivity contribution in [3.63, 3.8) is 0 Å². The Bertz CT molecular complexity index is 1110. The van der Waals surface area contributed by atoms with Crippen molar-refractivity contribution < 1.29 is 32.3 Å². The Morgan fingerprint density at radius 1 is 1.08 bits per heavy atom. The third-order valence-corrected chi connectivity index (χ3v) is 6.15. The van der Waals surface area contributed by atoms with Gasteiger partial charge in [0.2, 0.25) is 17.7 Å². The number of hydrogen-bond acceptors (Lipinski definition) is 4. The highest BCUT2D eigenvalue weighted by Gasteiger charge is 2.33. The molecule has 36 heavy (non-hydrogen) atoms. The summed E-state index contributed by atoms with van der Waals surface area (Å²) < 4.78 is 42.5. The van der Waals surface area contributed by atoms with Crippen LogP contribution < -0.4 is 15.4 Å². The first-order chi connectivity index (χ1) is 17.1. The minimum Gasteiger partial charge on any atom is -0.405 e. The molecule has 0 aromatic heterocycles. The molecular weight excluding hydrogens is 499 g/mol. The topological polar surface area (TPSA) is 87.7 Å². The molecule has 1 aliphatic heterocycles. The Labute approximate surface area is 211 Å². The number of para-hydroxylation sites is 1. The summed E-state index contributed by atoms with van der Waals surface area (Å²) in [7, 11) is 1.53. The number of nitrogens with zero attached hydrogens (tertiary/aromatic N) is 1. The molecule has 0 saturated carbocycles. The lowest BCUT2D eigenvalue weighted by atomic mass is 10.00. The second-order valence-corrected chi connectivity index (χ2v) is 8.76. The van der Waals surface area contributed by atoms with Crippen LogP contribution in [0.2, 0.25) is 5.02 Å². The molecule has 1 fully saturated rings. The molecular formula is C25H27ClF3N3O4. The molecule has 11 heteroatoms. The molecule has 2 N–H and O–H groups in total. The van der Waals surface area contributed by atoms with E-state index in [1.807, 2.05) is 0 Å². The summed E-state index contributed by atoms with van der Waals surface area (Å²) in [5, 5.41) is 5.39. The van der Waals surface area contributed by atoms with E-state index in [0.717, 1.165) is 12.8 Å². The van der Waals surface area contributed by atoms with Gasteiger partial charge in [-0.2, -0.15) is 0 Å². The third kappa shape index (κ3) is 7.36. The Balaban J connectivity index is 1.71. The molecule has 7 nitrogen and oxygen atoms in total. The molecule has 2 aromatic carbocycles. The van der Waals surface area contributed by atoms with E-state index in [0.29, 0.717) is 30.6 Å². The van der Waals surface area contributed by atoms with Crippen molar-refractivity contribution in [1.82, 2.24) is 10.2 Å². The maximum Gasteiger partial charge on any atom is 0.573 e. The molecule has 3 amide bonds. The van der Waals surface area contributed by atoms with Crippen molar-refractivity contribution in [2.24, 2.45) is 0 Å². The van der Waals surface area contributed by atoms with Gasteiger partial charge < -0.3 is 20.3 Å². The zero-order chi connectivity index (χ0) is 26.3. The Kier molecular flexibility index (Phi) is 9.19. The summed E-state index contributed by atoms with van der Waals surface area (Å²) in [6.45, 7) is 0.451. The zero-order valence-corrected chi connectivity index (χ0v) is 20.4. The van der Waals surface area contributed by atoms with Gasteiger partial charge in [0.1, 0.15) is 11.8 Å². The lowest BCUT2D eigenvalue weighted by Crippen LogP contribution is -2.50. The Hall–Kier alpha value is -3.27. The summed E-state index contributed by atoms with van der Waals surface area (Å²) in [6, 6.07) is 9.44. The molecule has 0 radical (unpaired) electrons. The van der Waals surface area contributed by atoms with E-state index in [1.165, 1.54) is 43.4 Å². The van der Waals surface area contributed by atoms with Gasteiger partial charge in [-0.3, -0.25) is 14.4 Å². The summed E-state index contributed by atoms with van der Waals surface area (Å²) >= 11 is 6.36. The van der Waals surface area contributed by atoms with Crippen LogP contribution in [-0.4, -0.2) is 48.6 Å². The number of likely N-dealkylation sites (tertiary alicyclic amines) is 1. The number of hydrogen-bond donors (Lipinski definition) is 2. The summed E-state index contributed by atoms with van der Waals surface area (Å²) in [6.07, 6.45) is -2.00. The van der Waals surface area contributed by atoms with E-state index < -0.39 is 18.2 Å². The van der Waals surface area contributed by atoms with Crippen LogP contribution in [0.25, 0.3) is 11.1 Å². The molecule has 1 saturated heterocycles. The van der Waals surface area contributed by atoms with Crippen LogP contribution in [0.4, 0.5) is 18.9 Å². The first kappa shape index (κ1) is 27.3. The Morgan fingerprint density at radius 3 is 2.53 bits per heavy atom. The molecule has 0 spiro atoms. The Morgan fingerprint density at radius 2 is 1.83 bits per heavy atom. The van der Waals surface area contributed by atoms with Crippen LogP contribution in [-0.2, 0) is 14.4 Å². The SMILES string of the molecule is CNC(=O)CCCC(=O)N1CCCCC1C(=O)Nc1ccc(-c2ccccc2OC(F)(F)F)c(Cl)c1. The third-order valence-electron chi connectivity index (χ3n) is 5.84. The number of carbonyl (C=O) groups excluding carboxylic acids is 3. The van der Waals surface area contributed by atoms with Crippen LogP contribution in [0, 0.1) is 0 Å². The van der Waals surface area contributed by atoms with Crippen molar-refractivity contribution in [1.29, 1.82) is 0 Å². The van der Waals surface area contributed by atoms with Crippen LogP contribution >= 0.6 is 11.6 Å². The number of nitrogens with one attached hydrogen (secondary N) is 2. The number of carbonyl (C=O) groups is 3. The van der Waals surface area contributed by atoms with Gasteiger partial charge in [-0.05, 0) is 43.9 Å². The quantitative estimate of drug-likeness (QED) is 0.499. The predicted molar refractivity (Wildman–Crippen MR) is 129 cm³/mol. The summed E-state index contributed by atoms with van der Waals surface area (Å²) in [5.41, 5.74) is 0.805. The summed E-state index contributed by atoms with van der Waals surface area (Å²) in [4.78, 5) is 38.7. The molecule has 0 bridgehead atoms. The highest BCUT2D eigenvalue weighted by Crippen LogP contribution is 2.38. The van der Waals surface area contributed by atoms with Crippen LogP contribution in [0.5, 0.6) is 5.75 Å². The van der Waals surface area contributed by atoms with Gasteiger partial charge in [0.15, 0.2) is 0 Å². The minimum atomic E-state index is -4.86. The lowest BCUT2D eigenvalue weighted by molar-refractivity contribution is -0.274. The van der Waals surface area contributed by atoms with E-state index >= 15 is 0 Å². The molecule has 1 atom stereocenters. The van der Waals surface area contributed by atoms with Crippen molar-refractivity contribution >= 4 is 35.0 Å². The van der Waals surface area contributed by atoms with Gasteiger partial charge >= 0.3 is 6.36 Å². The standard InChI is InChI=1S/C25H27ClF3N3O4/c1-30-22(33)10-6-11-23(34)32-14-5-4-8-20(32)24(35)31-16-12-13-17(19(26)15-16)18-7-2-3-9-21(18)36-25(27,28)29/h2-3,7,9,12-13,15,20H,4-6,8,10-11,14H2,1H3,(H,30,33)(H,31,35). The number of rotatable bonds is 8. The van der Waals surface area contributed by atoms with E-state index in [-0.39, 0.29) is 41.1 Å². The van der Waals surface area contributed by atoms with Gasteiger partial charge in [0.05, 0.1) is 5.02 Å². The molecule has 1 aliphatic rings. The minimum absolute atomic E-state index is 0.122. The largest absolute Gasteiger partial charge is 0.573 e. The molecule has 1 unspecified atom stereocenters. The highest BCUT2D eigenvalue weighted by atomic mass is 35.5. The van der Waals surface area contributed by atoms with Gasteiger partial charge in [0, 0.05) is 43.2 Å². The van der Waals surface area contributed by atoms with Crippen molar-refractivity contribution in [3.8, 4) is 16.9 Å². The molecule has 194 valence electrons. The fraction of sp³-hybridized carbons (Fsp3) is 0.400. The average molecular weight is 526 g/mol. The van der Waals surface area contributed by atoms with Crippen molar-refractivity contribution in [3.05, 3.63) is 47.5 Å². The molecule has 2 aromatic rings. The second-order valence-electron chi connectivity index (χ2n) is 8.35. The lowest BCUT2D eigenvalue weighted by Gasteiger charge is -2.34. The average Bonchev–Trinajstić information content (AvgIpc) is 2.83. The number of amides is 3. The first-order valence-electron chi connectivity index (χ1n) is 11.5. The van der Waals surface area contributed by atoms with Crippen LogP contribution in [0.1, 0.15) is 38.5 Å². The van der Waals surface area contributed by atoms with E-state index in [9.17, 15) is 27.6 Å². The molecule has 1 heterocycles. The fourth-order valence-electron chi connectivity index (χ4n) is 4.11. The van der Waals surface area contributed by atoms with Gasteiger partial charge in [-0.1, -0.05) is 35.9 Å². The van der Waals surface area contributed by atoms with E-state index in [4.69, 9.17) is 11.6 Å². The van der Waals surface area contributed by atoms with Gasteiger partial charge in [-0.25, -0.2) is 0 Å². The van der Waals surface area contributed by atoms with Gasteiger partial charge in [0.25, 0.3) is 0 Å². The number of benzene rings is 2. The van der Waals surface area contributed by atoms with Crippen LogP contribution in [0.3, 0.4) is 0 Å². The fourth-order valence-corrected chi connectivity index (χ4v) is 4.39. The number of anilines is 1. The first-order valence-corrected chi connectivity index (χ1v) is 11.9. The highest BCUT2D eigenvalue weighted by molar-refractivity contribution is 6.33. The van der Waals surface area contributed by atoms with E-state index in [2.05, 4.69) is 15.4 Å². The zero-order valence-electron chi connectivity index (χ0n) is 19.7. The van der Waals surface area contributed by atoms with Crippen molar-refractivity contribution in [2.75, 3.05) is 18.9 Å². The molecule has 0 aliphatic carbocycles. The number of ether oxygens (including phenoxy) is 1. The number of piperidine rings is 1. The maximum atomic E-state index is 13.0.